The van der Waals surface area contributed by atoms with Crippen molar-refractivity contribution in [2.45, 2.75) is 20.3 Å². The molecule has 1 saturated heterocycles. The van der Waals surface area contributed by atoms with E-state index >= 15 is 0 Å². The van der Waals surface area contributed by atoms with Crippen LogP contribution in [0.5, 0.6) is 0 Å². The van der Waals surface area contributed by atoms with Crippen molar-refractivity contribution in [1.29, 1.82) is 5.26 Å². The number of nitriles is 1. The number of hydrogen-bond acceptors (Lipinski definition) is 4. The topological polar surface area (TPSA) is 53.1 Å². The minimum Gasteiger partial charge on any atom is -0.420 e. The van der Waals surface area contributed by atoms with Gasteiger partial charge in [0.25, 0.3) is 0 Å². The van der Waals surface area contributed by atoms with Crippen LogP contribution in [0.2, 0.25) is 0 Å². The van der Waals surface area contributed by atoms with E-state index in [2.05, 4.69) is 29.8 Å². The minimum atomic E-state index is 0.374. The van der Waals surface area contributed by atoms with Crippen molar-refractivity contribution in [3.63, 3.8) is 0 Å². The predicted octanol–water partition coefficient (Wildman–Crippen LogP) is 4.20. The quantitative estimate of drug-likeness (QED) is 0.853. The molecule has 4 nitrogen and oxygen atoms in total. The molecule has 118 valence electrons. The van der Waals surface area contributed by atoms with Crippen LogP contribution in [0.25, 0.3) is 12.2 Å². The molecule has 1 aliphatic rings. The maximum Gasteiger partial charge on any atom is 0.235 e. The Labute approximate surface area is 137 Å². The molecular formula is C19H21N3O. The highest BCUT2D eigenvalue weighted by Gasteiger charge is 2.27. The summed E-state index contributed by atoms with van der Waals surface area (Å²) in [6.45, 7) is 6.30. The first-order valence-electron chi connectivity index (χ1n) is 8.04. The van der Waals surface area contributed by atoms with E-state index in [1.165, 1.54) is 6.42 Å². The Hall–Kier alpha value is -2.54. The monoisotopic (exact) mass is 307 g/mol. The second kappa shape index (κ2) is 6.70. The summed E-state index contributed by atoms with van der Waals surface area (Å²) >= 11 is 0. The zero-order valence-electron chi connectivity index (χ0n) is 13.6. The zero-order chi connectivity index (χ0) is 16.2. The van der Waals surface area contributed by atoms with Gasteiger partial charge in [0, 0.05) is 19.2 Å². The van der Waals surface area contributed by atoms with E-state index in [-0.39, 0.29) is 0 Å². The fourth-order valence-electron chi connectivity index (χ4n) is 3.25. The van der Waals surface area contributed by atoms with Gasteiger partial charge in [-0.1, -0.05) is 44.2 Å². The van der Waals surface area contributed by atoms with Crippen molar-refractivity contribution >= 4 is 18.0 Å². The molecule has 1 fully saturated rings. The lowest BCUT2D eigenvalue weighted by Gasteiger charge is -2.34. The number of benzene rings is 1. The smallest absolute Gasteiger partial charge is 0.235 e. The summed E-state index contributed by atoms with van der Waals surface area (Å²) in [6.07, 6.45) is 4.97. The van der Waals surface area contributed by atoms with Crippen LogP contribution in [0.3, 0.4) is 0 Å². The Bertz CT molecular complexity index is 717. The van der Waals surface area contributed by atoms with Crippen LogP contribution in [0.15, 0.2) is 34.7 Å². The van der Waals surface area contributed by atoms with E-state index < -0.39 is 0 Å². The summed E-state index contributed by atoms with van der Waals surface area (Å²) < 4.78 is 5.87. The lowest BCUT2D eigenvalue weighted by molar-refractivity contribution is 0.342. The van der Waals surface area contributed by atoms with Crippen LogP contribution in [0.1, 0.15) is 37.4 Å². The minimum absolute atomic E-state index is 0.374. The van der Waals surface area contributed by atoms with Crippen molar-refractivity contribution in [3.8, 4) is 6.07 Å². The predicted molar refractivity (Wildman–Crippen MR) is 91.7 cm³/mol. The third-order valence-electron chi connectivity index (χ3n) is 4.11. The molecule has 4 heteroatoms. The highest BCUT2D eigenvalue weighted by atomic mass is 16.4. The Morgan fingerprint density at radius 1 is 1.17 bits per heavy atom. The molecule has 23 heavy (non-hydrogen) atoms. The highest BCUT2D eigenvalue weighted by Crippen LogP contribution is 2.29. The van der Waals surface area contributed by atoms with E-state index in [4.69, 9.17) is 4.42 Å². The molecule has 1 aromatic carbocycles. The third kappa shape index (κ3) is 3.62. The number of piperidine rings is 1. The maximum atomic E-state index is 9.36. The molecule has 1 aromatic heterocycles. The van der Waals surface area contributed by atoms with Crippen molar-refractivity contribution in [2.75, 3.05) is 18.0 Å². The summed E-state index contributed by atoms with van der Waals surface area (Å²) in [4.78, 5) is 6.47. The molecule has 0 spiro atoms. The molecule has 0 bridgehead atoms. The van der Waals surface area contributed by atoms with Gasteiger partial charge in [-0.15, -0.1) is 0 Å². The molecule has 0 N–H and O–H groups in total. The van der Waals surface area contributed by atoms with Crippen LogP contribution in [-0.2, 0) is 0 Å². The van der Waals surface area contributed by atoms with Gasteiger partial charge in [0.05, 0.1) is 0 Å². The third-order valence-corrected chi connectivity index (χ3v) is 4.11. The van der Waals surface area contributed by atoms with Gasteiger partial charge in [-0.05, 0) is 29.9 Å². The second-order valence-electron chi connectivity index (χ2n) is 6.41. The first-order valence-corrected chi connectivity index (χ1v) is 8.04. The van der Waals surface area contributed by atoms with Gasteiger partial charge in [0.1, 0.15) is 6.07 Å². The Balaban J connectivity index is 1.83. The van der Waals surface area contributed by atoms with E-state index in [1.807, 2.05) is 42.5 Å². The maximum absolute atomic E-state index is 9.36. The van der Waals surface area contributed by atoms with Crippen molar-refractivity contribution in [3.05, 3.63) is 47.5 Å². The molecule has 0 amide bonds. The van der Waals surface area contributed by atoms with E-state index in [9.17, 15) is 5.26 Å². The average molecular weight is 307 g/mol. The Kier molecular flexibility index (Phi) is 4.47. The van der Waals surface area contributed by atoms with Crippen LogP contribution >= 0.6 is 0 Å². The second-order valence-corrected chi connectivity index (χ2v) is 6.41. The number of anilines is 1. The van der Waals surface area contributed by atoms with Crippen LogP contribution in [-0.4, -0.2) is 18.1 Å². The standard InChI is InChI=1S/C19H21N3O/c1-14-10-15(2)13-22(12-14)19-17(11-20)21-18(23-19)9-8-16-6-4-3-5-7-16/h3-9,14-15H,10,12-13H2,1-2H3. The molecule has 2 heterocycles. The first-order chi connectivity index (χ1) is 11.2. The summed E-state index contributed by atoms with van der Waals surface area (Å²) in [5.74, 6) is 2.28. The fourth-order valence-corrected chi connectivity index (χ4v) is 3.25. The van der Waals surface area contributed by atoms with Crippen molar-refractivity contribution in [1.82, 2.24) is 4.98 Å². The van der Waals surface area contributed by atoms with E-state index in [1.54, 1.807) is 0 Å². The van der Waals surface area contributed by atoms with Crippen LogP contribution < -0.4 is 4.90 Å². The van der Waals surface area contributed by atoms with Gasteiger partial charge in [-0.3, -0.25) is 0 Å². The number of nitrogens with zero attached hydrogens (tertiary/aromatic N) is 3. The molecule has 2 atom stereocenters. The molecule has 0 saturated carbocycles. The molecular weight excluding hydrogens is 286 g/mol. The number of rotatable bonds is 3. The first kappa shape index (κ1) is 15.4. The lowest BCUT2D eigenvalue weighted by atomic mass is 9.92. The summed E-state index contributed by atoms with van der Waals surface area (Å²) in [7, 11) is 0. The summed E-state index contributed by atoms with van der Waals surface area (Å²) in [5.41, 5.74) is 1.45. The van der Waals surface area contributed by atoms with Crippen LogP contribution in [0.4, 0.5) is 5.88 Å². The zero-order valence-corrected chi connectivity index (χ0v) is 13.6. The fraction of sp³-hybridized carbons (Fsp3) is 0.368. The van der Waals surface area contributed by atoms with Gasteiger partial charge >= 0.3 is 0 Å². The molecule has 2 aromatic rings. The molecule has 0 aliphatic carbocycles. The van der Waals surface area contributed by atoms with Crippen LogP contribution in [0, 0.1) is 23.2 Å². The molecule has 2 unspecified atom stereocenters. The Morgan fingerprint density at radius 2 is 1.87 bits per heavy atom. The van der Waals surface area contributed by atoms with Gasteiger partial charge < -0.3 is 9.32 Å². The SMILES string of the molecule is CC1CC(C)CN(c2oc(C=Cc3ccccc3)nc2C#N)C1. The lowest BCUT2D eigenvalue weighted by Crippen LogP contribution is -2.38. The largest absolute Gasteiger partial charge is 0.420 e. The van der Waals surface area contributed by atoms with Gasteiger partial charge in [0.2, 0.25) is 17.5 Å². The summed E-state index contributed by atoms with van der Waals surface area (Å²) in [6, 6.07) is 12.1. The van der Waals surface area contributed by atoms with Gasteiger partial charge in [-0.25, -0.2) is 0 Å². The molecule has 0 radical (unpaired) electrons. The molecule has 3 rings (SSSR count). The van der Waals surface area contributed by atoms with Crippen molar-refractivity contribution in [2.24, 2.45) is 11.8 Å². The normalized spacial score (nSPS) is 21.5. The average Bonchev–Trinajstić information content (AvgIpc) is 2.96. The van der Waals surface area contributed by atoms with Gasteiger partial charge in [0.15, 0.2) is 0 Å². The Morgan fingerprint density at radius 3 is 2.52 bits per heavy atom. The summed E-state index contributed by atoms with van der Waals surface area (Å²) in [5, 5.41) is 9.36. The van der Waals surface area contributed by atoms with E-state index in [0.29, 0.717) is 29.3 Å². The number of hydrogen-bond donors (Lipinski definition) is 0. The highest BCUT2D eigenvalue weighted by molar-refractivity contribution is 5.67. The number of aromatic nitrogens is 1. The van der Waals surface area contributed by atoms with Gasteiger partial charge in [-0.2, -0.15) is 10.2 Å². The molecule has 1 aliphatic heterocycles. The number of oxazole rings is 1. The van der Waals surface area contributed by atoms with Crippen molar-refractivity contribution < 1.29 is 4.42 Å². The van der Waals surface area contributed by atoms with E-state index in [0.717, 1.165) is 18.7 Å².